The minimum Gasteiger partial charge on any atom is -0.484 e. The maximum absolute atomic E-state index is 12.9. The molecule has 0 atom stereocenters. The van der Waals surface area contributed by atoms with Crippen LogP contribution in [0.5, 0.6) is 5.75 Å². The summed E-state index contributed by atoms with van der Waals surface area (Å²) in [7, 11) is 0. The van der Waals surface area contributed by atoms with Gasteiger partial charge >= 0.3 is 0 Å². The highest BCUT2D eigenvalue weighted by atomic mass is 19.1. The third-order valence-electron chi connectivity index (χ3n) is 4.27. The molecule has 1 aliphatic heterocycles. The van der Waals surface area contributed by atoms with Crippen molar-refractivity contribution in [2.75, 3.05) is 23.4 Å². The van der Waals surface area contributed by atoms with Crippen LogP contribution in [-0.2, 0) is 16.0 Å². The van der Waals surface area contributed by atoms with Crippen molar-refractivity contribution < 1.29 is 18.7 Å². The predicted molar refractivity (Wildman–Crippen MR) is 97.9 cm³/mol. The highest BCUT2D eigenvalue weighted by Crippen LogP contribution is 2.30. The van der Waals surface area contributed by atoms with Gasteiger partial charge in [0.05, 0.1) is 0 Å². The van der Waals surface area contributed by atoms with Gasteiger partial charge in [0.25, 0.3) is 5.91 Å². The van der Waals surface area contributed by atoms with Crippen LogP contribution in [0, 0.1) is 5.82 Å². The molecule has 0 aromatic heterocycles. The number of carbonyl (C=O) groups is 2. The zero-order valence-corrected chi connectivity index (χ0v) is 14.6. The second-order valence-corrected chi connectivity index (χ2v) is 6.14. The molecule has 5 nitrogen and oxygen atoms in total. The first kappa shape index (κ1) is 17.9. The van der Waals surface area contributed by atoms with Crippen molar-refractivity contribution in [3.63, 3.8) is 0 Å². The molecule has 0 saturated carbocycles. The van der Waals surface area contributed by atoms with Crippen molar-refractivity contribution >= 4 is 23.2 Å². The Balaban J connectivity index is 1.62. The van der Waals surface area contributed by atoms with Crippen LogP contribution >= 0.6 is 0 Å². The van der Waals surface area contributed by atoms with E-state index in [9.17, 15) is 14.0 Å². The fourth-order valence-electron chi connectivity index (χ4n) is 3.00. The molecule has 1 aliphatic rings. The van der Waals surface area contributed by atoms with Crippen LogP contribution < -0.4 is 15.0 Å². The summed E-state index contributed by atoms with van der Waals surface area (Å²) in [4.78, 5) is 25.9. The fourth-order valence-corrected chi connectivity index (χ4v) is 3.00. The second kappa shape index (κ2) is 7.99. The lowest BCUT2D eigenvalue weighted by Crippen LogP contribution is -2.34. The molecule has 1 N–H and O–H groups in total. The summed E-state index contributed by atoms with van der Waals surface area (Å²) in [6, 6.07) is 11.1. The van der Waals surface area contributed by atoms with Gasteiger partial charge in [-0.25, -0.2) is 4.39 Å². The Labute approximate surface area is 151 Å². The minimum absolute atomic E-state index is 0.107. The van der Waals surface area contributed by atoms with Gasteiger partial charge in [0, 0.05) is 24.3 Å². The molecule has 6 heteroatoms. The number of benzene rings is 2. The summed E-state index contributed by atoms with van der Waals surface area (Å²) in [5.41, 5.74) is 2.64. The van der Waals surface area contributed by atoms with Crippen LogP contribution in [0.3, 0.4) is 0 Å². The average molecular weight is 356 g/mol. The topological polar surface area (TPSA) is 58.6 Å². The highest BCUT2D eigenvalue weighted by Gasteiger charge is 2.21. The van der Waals surface area contributed by atoms with Gasteiger partial charge in [0.2, 0.25) is 5.91 Å². The number of hydrogen-bond acceptors (Lipinski definition) is 3. The van der Waals surface area contributed by atoms with Crippen LogP contribution in [0.4, 0.5) is 15.8 Å². The van der Waals surface area contributed by atoms with E-state index < -0.39 is 0 Å². The number of nitrogens with zero attached hydrogens (tertiary/aromatic N) is 1. The number of anilines is 2. The lowest BCUT2D eigenvalue weighted by atomic mass is 10.0. The number of halogens is 1. The smallest absolute Gasteiger partial charge is 0.262 e. The van der Waals surface area contributed by atoms with E-state index in [0.717, 1.165) is 30.6 Å². The number of rotatable bonds is 5. The summed E-state index contributed by atoms with van der Waals surface area (Å²) in [6.07, 6.45) is 2.25. The van der Waals surface area contributed by atoms with E-state index in [2.05, 4.69) is 5.32 Å². The molecule has 0 fully saturated rings. The largest absolute Gasteiger partial charge is 0.484 e. The Kier molecular flexibility index (Phi) is 5.51. The van der Waals surface area contributed by atoms with Crippen molar-refractivity contribution in [3.05, 3.63) is 53.8 Å². The summed E-state index contributed by atoms with van der Waals surface area (Å²) in [6.45, 7) is 2.42. The van der Waals surface area contributed by atoms with E-state index >= 15 is 0 Å². The van der Waals surface area contributed by atoms with E-state index in [1.165, 1.54) is 24.3 Å². The molecule has 0 bridgehead atoms. The first-order valence-corrected chi connectivity index (χ1v) is 8.68. The van der Waals surface area contributed by atoms with Crippen LogP contribution in [-0.4, -0.2) is 25.0 Å². The maximum atomic E-state index is 12.9. The minimum atomic E-state index is -0.355. The van der Waals surface area contributed by atoms with Crippen molar-refractivity contribution in [2.45, 2.75) is 26.2 Å². The van der Waals surface area contributed by atoms with Crippen molar-refractivity contribution in [3.8, 4) is 5.75 Å². The van der Waals surface area contributed by atoms with Crippen molar-refractivity contribution in [2.24, 2.45) is 0 Å². The average Bonchev–Trinajstić information content (AvgIpc) is 2.66. The number of carbonyl (C=O) groups excluding carboxylic acids is 2. The lowest BCUT2D eigenvalue weighted by Gasteiger charge is -2.29. The molecule has 0 radical (unpaired) electrons. The third kappa shape index (κ3) is 4.20. The fraction of sp³-hybridized carbons (Fsp3) is 0.300. The standard InChI is InChI=1S/C20H21FN2O3/c1-2-20(25)23-11-3-4-14-12-16(7-10-18(14)23)22-19(24)13-26-17-8-5-15(21)6-9-17/h5-10,12H,2-4,11,13H2,1H3,(H,22,24). The van der Waals surface area contributed by atoms with Crippen molar-refractivity contribution in [1.82, 2.24) is 0 Å². The Morgan fingerprint density at radius 3 is 2.69 bits per heavy atom. The molecule has 0 saturated heterocycles. The lowest BCUT2D eigenvalue weighted by molar-refractivity contribution is -0.119. The first-order valence-electron chi connectivity index (χ1n) is 8.68. The normalized spacial score (nSPS) is 13.1. The van der Waals surface area contributed by atoms with Gasteiger partial charge in [-0.15, -0.1) is 0 Å². The molecule has 2 aromatic carbocycles. The number of amides is 2. The van der Waals surface area contributed by atoms with E-state index in [1.54, 1.807) is 6.07 Å². The van der Waals surface area contributed by atoms with Gasteiger partial charge in [-0.2, -0.15) is 0 Å². The van der Waals surface area contributed by atoms with Gasteiger partial charge < -0.3 is 15.0 Å². The summed E-state index contributed by atoms with van der Waals surface area (Å²) in [5, 5.41) is 2.79. The van der Waals surface area contributed by atoms with Crippen LogP contribution in [0.2, 0.25) is 0 Å². The molecule has 1 heterocycles. The third-order valence-corrected chi connectivity index (χ3v) is 4.27. The number of ether oxygens (including phenoxy) is 1. The Morgan fingerprint density at radius 1 is 1.19 bits per heavy atom. The zero-order chi connectivity index (χ0) is 18.5. The monoisotopic (exact) mass is 356 g/mol. The Morgan fingerprint density at radius 2 is 1.96 bits per heavy atom. The van der Waals surface area contributed by atoms with Crippen LogP contribution in [0.25, 0.3) is 0 Å². The number of nitrogens with one attached hydrogen (secondary N) is 1. The summed E-state index contributed by atoms with van der Waals surface area (Å²) in [5.74, 6) is -0.117. The zero-order valence-electron chi connectivity index (χ0n) is 14.6. The van der Waals surface area contributed by atoms with E-state index in [0.29, 0.717) is 17.9 Å². The van der Waals surface area contributed by atoms with E-state index in [1.807, 2.05) is 24.0 Å². The molecule has 0 spiro atoms. The van der Waals surface area contributed by atoms with Crippen molar-refractivity contribution in [1.29, 1.82) is 0 Å². The molecule has 26 heavy (non-hydrogen) atoms. The van der Waals surface area contributed by atoms with Gasteiger partial charge in [-0.3, -0.25) is 9.59 Å². The second-order valence-electron chi connectivity index (χ2n) is 6.14. The van der Waals surface area contributed by atoms with Gasteiger partial charge in [0.1, 0.15) is 11.6 Å². The molecule has 2 aromatic rings. The van der Waals surface area contributed by atoms with Gasteiger partial charge in [0.15, 0.2) is 6.61 Å². The molecule has 0 aliphatic carbocycles. The first-order chi connectivity index (χ1) is 12.6. The molecule has 0 unspecified atom stereocenters. The van der Waals surface area contributed by atoms with Gasteiger partial charge in [-0.05, 0) is 60.9 Å². The quantitative estimate of drug-likeness (QED) is 0.892. The molecular formula is C20H21FN2O3. The highest BCUT2D eigenvalue weighted by molar-refractivity contribution is 5.96. The Hall–Kier alpha value is -2.89. The molecular weight excluding hydrogens is 335 g/mol. The Bertz CT molecular complexity index is 805. The predicted octanol–water partition coefficient (Wildman–Crippen LogP) is 3.53. The number of aryl methyl sites for hydroxylation is 1. The number of hydrogen-bond donors (Lipinski definition) is 1. The van der Waals surface area contributed by atoms with Crippen LogP contribution in [0.1, 0.15) is 25.3 Å². The molecule has 3 rings (SSSR count). The van der Waals surface area contributed by atoms with E-state index in [4.69, 9.17) is 4.74 Å². The summed E-state index contributed by atoms with van der Waals surface area (Å²) < 4.78 is 18.2. The number of fused-ring (bicyclic) bond motifs is 1. The van der Waals surface area contributed by atoms with E-state index in [-0.39, 0.29) is 24.2 Å². The maximum Gasteiger partial charge on any atom is 0.262 e. The van der Waals surface area contributed by atoms with Crippen LogP contribution in [0.15, 0.2) is 42.5 Å². The summed E-state index contributed by atoms with van der Waals surface area (Å²) >= 11 is 0. The molecule has 2 amide bonds. The van der Waals surface area contributed by atoms with Gasteiger partial charge in [-0.1, -0.05) is 6.92 Å². The SMILES string of the molecule is CCC(=O)N1CCCc2cc(NC(=O)COc3ccc(F)cc3)ccc21. The molecule has 136 valence electrons.